The Kier molecular flexibility index (Phi) is 5.94. The Morgan fingerprint density at radius 1 is 1.23 bits per heavy atom. The maximum atomic E-state index is 13.4. The van der Waals surface area contributed by atoms with E-state index < -0.39 is 6.04 Å². The summed E-state index contributed by atoms with van der Waals surface area (Å²) in [6.07, 6.45) is 4.14. The Hall–Kier alpha value is -3.33. The van der Waals surface area contributed by atoms with Gasteiger partial charge < -0.3 is 10.1 Å². The third kappa shape index (κ3) is 4.41. The number of nitrogens with zero attached hydrogens (tertiary/aromatic N) is 4. The van der Waals surface area contributed by atoms with E-state index in [2.05, 4.69) is 15.3 Å². The number of halogens is 1. The topological polar surface area (TPSA) is 81.4 Å². The van der Waals surface area contributed by atoms with Crippen molar-refractivity contribution < 1.29 is 13.9 Å². The largest absolute Gasteiger partial charge is 0.467 e. The third-order valence-electron chi connectivity index (χ3n) is 4.77. The molecule has 4 rings (SSSR count). The molecule has 1 aromatic carbocycles. The second-order valence-electron chi connectivity index (χ2n) is 7.49. The molecule has 7 nitrogen and oxygen atoms in total. The Balaban J connectivity index is 1.75. The normalized spacial score (nSPS) is 12.3. The Morgan fingerprint density at radius 2 is 2.00 bits per heavy atom. The molecule has 0 saturated heterocycles. The van der Waals surface area contributed by atoms with E-state index in [1.807, 2.05) is 29.8 Å². The predicted molar refractivity (Wildman–Crippen MR) is 118 cm³/mol. The first-order valence-electron chi connectivity index (χ1n) is 9.85. The van der Waals surface area contributed by atoms with Crippen LogP contribution in [0.1, 0.15) is 20.3 Å². The molecule has 3 aromatic heterocycles. The number of nitrogens with one attached hydrogen (secondary N) is 1. The molecule has 0 radical (unpaired) electrons. The highest BCUT2D eigenvalue weighted by Crippen LogP contribution is 2.33. The van der Waals surface area contributed by atoms with Crippen LogP contribution in [0.25, 0.3) is 27.6 Å². The highest BCUT2D eigenvalue weighted by molar-refractivity contribution is 7.15. The van der Waals surface area contributed by atoms with Crippen LogP contribution in [0.2, 0.25) is 0 Å². The number of aromatic nitrogens is 4. The van der Waals surface area contributed by atoms with E-state index in [1.54, 1.807) is 24.4 Å². The molecule has 0 bridgehead atoms. The molecule has 0 amide bonds. The number of imidazole rings is 1. The first kappa shape index (κ1) is 20.9. The van der Waals surface area contributed by atoms with Gasteiger partial charge in [0, 0.05) is 23.3 Å². The van der Waals surface area contributed by atoms with Gasteiger partial charge in [0.05, 0.1) is 18.5 Å². The van der Waals surface area contributed by atoms with Crippen LogP contribution in [0, 0.1) is 11.7 Å². The molecule has 0 fully saturated rings. The van der Waals surface area contributed by atoms with Crippen molar-refractivity contribution in [3.05, 3.63) is 53.9 Å². The number of anilines is 1. The van der Waals surface area contributed by atoms with Crippen molar-refractivity contribution in [1.29, 1.82) is 0 Å². The number of fused-ring (bicyclic) bond motifs is 1. The molecular weight excluding hydrogens is 417 g/mol. The predicted octanol–water partition coefficient (Wildman–Crippen LogP) is 4.66. The van der Waals surface area contributed by atoms with E-state index in [4.69, 9.17) is 9.72 Å². The summed E-state index contributed by atoms with van der Waals surface area (Å²) >= 11 is 1.50. The lowest BCUT2D eigenvalue weighted by Gasteiger charge is -2.18. The Morgan fingerprint density at radius 3 is 2.71 bits per heavy atom. The van der Waals surface area contributed by atoms with Crippen molar-refractivity contribution in [3.8, 4) is 22.6 Å². The van der Waals surface area contributed by atoms with Crippen molar-refractivity contribution >= 4 is 28.2 Å². The number of benzene rings is 1. The molecule has 160 valence electrons. The summed E-state index contributed by atoms with van der Waals surface area (Å²) in [6, 6.07) is 7.44. The van der Waals surface area contributed by atoms with Crippen LogP contribution in [0.15, 0.2) is 48.1 Å². The number of rotatable bonds is 7. The smallest absolute Gasteiger partial charge is 0.328 e. The van der Waals surface area contributed by atoms with Gasteiger partial charge in [-0.1, -0.05) is 13.8 Å². The second kappa shape index (κ2) is 8.81. The Bertz CT molecular complexity index is 1200. The van der Waals surface area contributed by atoms with Crippen molar-refractivity contribution in [2.45, 2.75) is 26.3 Å². The van der Waals surface area contributed by atoms with Crippen LogP contribution < -0.4 is 5.32 Å². The van der Waals surface area contributed by atoms with Gasteiger partial charge in [-0.25, -0.2) is 24.1 Å². The fourth-order valence-corrected chi connectivity index (χ4v) is 4.10. The van der Waals surface area contributed by atoms with Crippen LogP contribution in [0.4, 0.5) is 10.3 Å². The van der Waals surface area contributed by atoms with Crippen molar-refractivity contribution in [1.82, 2.24) is 19.4 Å². The summed E-state index contributed by atoms with van der Waals surface area (Å²) < 4.78 is 20.3. The summed E-state index contributed by atoms with van der Waals surface area (Å²) in [4.78, 5) is 26.7. The van der Waals surface area contributed by atoms with Gasteiger partial charge in [-0.2, -0.15) is 0 Å². The van der Waals surface area contributed by atoms with E-state index in [1.165, 1.54) is 30.6 Å². The van der Waals surface area contributed by atoms with Gasteiger partial charge >= 0.3 is 5.97 Å². The van der Waals surface area contributed by atoms with Crippen LogP contribution in [0.5, 0.6) is 0 Å². The van der Waals surface area contributed by atoms with E-state index in [0.29, 0.717) is 23.8 Å². The summed E-state index contributed by atoms with van der Waals surface area (Å²) in [5.41, 5.74) is 2.89. The standard InChI is InChI=1S/C22H22FN5O2S/c1-13(2)12-17(20(29)30-3)26-21-24-9-8-16(25-21)19-18(14-4-6-15(23)7-5-14)27-22-28(19)10-11-31-22/h4-11,13,17H,12H2,1-3H3,(H,24,25,26)/t17-/m1/s1. The molecule has 0 saturated carbocycles. The zero-order valence-electron chi connectivity index (χ0n) is 17.4. The molecule has 1 atom stereocenters. The summed E-state index contributed by atoms with van der Waals surface area (Å²) in [6.45, 7) is 4.06. The average Bonchev–Trinajstić information content (AvgIpc) is 3.34. The van der Waals surface area contributed by atoms with Gasteiger partial charge in [-0.15, -0.1) is 11.3 Å². The van der Waals surface area contributed by atoms with Crippen LogP contribution >= 0.6 is 11.3 Å². The van der Waals surface area contributed by atoms with Gasteiger partial charge in [0.15, 0.2) is 4.96 Å². The SMILES string of the molecule is COC(=O)[C@@H](CC(C)C)Nc1nccc(-c2c(-c3ccc(F)cc3)nc3sccn23)n1. The van der Waals surface area contributed by atoms with Crippen LogP contribution in [0.3, 0.4) is 0 Å². The number of hydrogen-bond donors (Lipinski definition) is 1. The van der Waals surface area contributed by atoms with Gasteiger partial charge in [0.1, 0.15) is 17.6 Å². The lowest BCUT2D eigenvalue weighted by Crippen LogP contribution is -2.32. The minimum atomic E-state index is -0.552. The number of methoxy groups -OCH3 is 1. The number of hydrogen-bond acceptors (Lipinski definition) is 7. The van der Waals surface area contributed by atoms with E-state index in [9.17, 15) is 9.18 Å². The maximum Gasteiger partial charge on any atom is 0.328 e. The Labute approximate surface area is 183 Å². The molecule has 0 spiro atoms. The van der Waals surface area contributed by atoms with Crippen molar-refractivity contribution in [3.63, 3.8) is 0 Å². The molecule has 31 heavy (non-hydrogen) atoms. The average molecular weight is 440 g/mol. The molecule has 9 heteroatoms. The summed E-state index contributed by atoms with van der Waals surface area (Å²) in [7, 11) is 1.36. The monoisotopic (exact) mass is 439 g/mol. The molecule has 0 unspecified atom stereocenters. The lowest BCUT2D eigenvalue weighted by molar-refractivity contribution is -0.141. The van der Waals surface area contributed by atoms with Crippen molar-refractivity contribution in [2.24, 2.45) is 5.92 Å². The number of ether oxygens (including phenoxy) is 1. The third-order valence-corrected chi connectivity index (χ3v) is 5.53. The van der Waals surface area contributed by atoms with E-state index in [0.717, 1.165) is 16.2 Å². The number of carbonyl (C=O) groups is 1. The van der Waals surface area contributed by atoms with Gasteiger partial charge in [-0.3, -0.25) is 4.40 Å². The van der Waals surface area contributed by atoms with E-state index in [-0.39, 0.29) is 17.7 Å². The minimum absolute atomic E-state index is 0.283. The van der Waals surface area contributed by atoms with Crippen molar-refractivity contribution in [2.75, 3.05) is 12.4 Å². The maximum absolute atomic E-state index is 13.4. The number of thiazole rings is 1. The fraction of sp³-hybridized carbons (Fsp3) is 0.273. The molecule has 0 aliphatic carbocycles. The zero-order chi connectivity index (χ0) is 22.0. The number of carbonyl (C=O) groups excluding carboxylic acids is 1. The van der Waals surface area contributed by atoms with Gasteiger partial charge in [0.2, 0.25) is 5.95 Å². The first-order valence-corrected chi connectivity index (χ1v) is 10.7. The highest BCUT2D eigenvalue weighted by Gasteiger charge is 2.23. The van der Waals surface area contributed by atoms with E-state index >= 15 is 0 Å². The molecule has 0 aliphatic heterocycles. The van der Waals surface area contributed by atoms with Crippen LogP contribution in [-0.4, -0.2) is 38.5 Å². The molecule has 0 aliphatic rings. The molecule has 3 heterocycles. The van der Waals surface area contributed by atoms with Gasteiger partial charge in [-0.05, 0) is 42.7 Å². The zero-order valence-corrected chi connectivity index (χ0v) is 18.2. The molecular formula is C22H22FN5O2S. The van der Waals surface area contributed by atoms with Gasteiger partial charge in [0.25, 0.3) is 0 Å². The minimum Gasteiger partial charge on any atom is -0.467 e. The first-order chi connectivity index (χ1) is 15.0. The number of esters is 1. The quantitative estimate of drug-likeness (QED) is 0.422. The summed E-state index contributed by atoms with van der Waals surface area (Å²) in [5.74, 6) is -0.0629. The second-order valence-corrected chi connectivity index (χ2v) is 8.36. The fourth-order valence-electron chi connectivity index (χ4n) is 3.38. The highest BCUT2D eigenvalue weighted by atomic mass is 32.1. The molecule has 4 aromatic rings. The van der Waals surface area contributed by atoms with Crippen LogP contribution in [-0.2, 0) is 9.53 Å². The summed E-state index contributed by atoms with van der Waals surface area (Å²) in [5, 5.41) is 5.04. The lowest BCUT2D eigenvalue weighted by atomic mass is 10.0. The molecule has 1 N–H and O–H groups in total.